The Morgan fingerprint density at radius 2 is 1.38 bits per heavy atom. The highest BCUT2D eigenvalue weighted by molar-refractivity contribution is 7.85. The molecule has 0 atom stereocenters. The molecule has 0 saturated heterocycles. The fourth-order valence-electron chi connectivity index (χ4n) is 3.13. The molecule has 1 aromatic carbocycles. The molecule has 184 valence electrons. The van der Waals surface area contributed by atoms with Crippen LogP contribution in [0.2, 0.25) is 0 Å². The zero-order chi connectivity index (χ0) is 24.6. The lowest BCUT2D eigenvalue weighted by molar-refractivity contribution is -0.925. The van der Waals surface area contributed by atoms with Gasteiger partial charge in [-0.3, -0.25) is 4.79 Å². The van der Waals surface area contributed by atoms with Crippen LogP contribution in [0.1, 0.15) is 83.6 Å². The van der Waals surface area contributed by atoms with Crippen LogP contribution in [-0.4, -0.2) is 44.1 Å². The van der Waals surface area contributed by atoms with Crippen LogP contribution < -0.4 is 5.43 Å². The van der Waals surface area contributed by atoms with Crippen LogP contribution in [0.5, 0.6) is 0 Å². The highest BCUT2D eigenvalue weighted by Crippen LogP contribution is 2.11. The number of hydrogen-bond donors (Lipinski definition) is 1. The van der Waals surface area contributed by atoms with E-state index in [1.807, 2.05) is 21.0 Å². The van der Waals surface area contributed by atoms with E-state index in [-0.39, 0.29) is 10.8 Å². The molecule has 0 spiro atoms. The standard InChI is InChI=1S/C18H36N2O.C7H8O3S/c1-6-7-8-9-10-11-12-13-14-15-16-20(4,5)19-18(21)17(2)3;1-6-2-4-7(5-3-6)11(8,9)10/h2,6-16H2,1,3-5H3;2-5H,1H3,(H,8,9,10). The lowest BCUT2D eigenvalue weighted by atomic mass is 10.1. The summed E-state index contributed by atoms with van der Waals surface area (Å²) < 4.78 is 31.7. The number of rotatable bonds is 14. The Balaban J connectivity index is 0.000000726. The summed E-state index contributed by atoms with van der Waals surface area (Å²) in [6.07, 6.45) is 13.4. The molecule has 0 radical (unpaired) electrons. The maximum Gasteiger partial charge on any atom is 0.290 e. The van der Waals surface area contributed by atoms with Gasteiger partial charge in [0.05, 0.1) is 19.0 Å². The Morgan fingerprint density at radius 1 is 0.938 bits per heavy atom. The second kappa shape index (κ2) is 16.0. The number of carbonyl (C=O) groups excluding carboxylic acids is 1. The van der Waals surface area contributed by atoms with Crippen LogP contribution in [-0.2, 0) is 14.9 Å². The van der Waals surface area contributed by atoms with Crippen LogP contribution in [0.4, 0.5) is 0 Å². The number of aryl methyl sites for hydroxylation is 1. The van der Waals surface area contributed by atoms with Crippen LogP contribution in [0.3, 0.4) is 0 Å². The van der Waals surface area contributed by atoms with Gasteiger partial charge in [0.25, 0.3) is 5.91 Å². The number of nitrogens with one attached hydrogen (secondary N) is 1. The molecule has 0 heterocycles. The molecule has 0 aliphatic rings. The summed E-state index contributed by atoms with van der Waals surface area (Å²) in [6.45, 7) is 10.5. The average Bonchev–Trinajstić information content (AvgIpc) is 2.69. The lowest BCUT2D eigenvalue weighted by Gasteiger charge is -2.29. The van der Waals surface area contributed by atoms with E-state index in [9.17, 15) is 17.8 Å². The first-order chi connectivity index (χ1) is 14.9. The Labute approximate surface area is 196 Å². The molecule has 1 rings (SSSR count). The predicted molar refractivity (Wildman–Crippen MR) is 131 cm³/mol. The number of amides is 1. The fourth-order valence-corrected chi connectivity index (χ4v) is 3.60. The molecular weight excluding hydrogens is 424 g/mol. The molecule has 1 amide bonds. The smallest absolute Gasteiger partial charge is 0.290 e. The Hall–Kier alpha value is -1.70. The first-order valence-electron chi connectivity index (χ1n) is 11.7. The predicted octanol–water partition coefficient (Wildman–Crippen LogP) is 5.49. The highest BCUT2D eigenvalue weighted by atomic mass is 32.2. The minimum Gasteiger partial charge on any atom is -0.744 e. The number of carbonyl (C=O) groups is 1. The maximum absolute atomic E-state index is 11.6. The third-order valence-corrected chi connectivity index (χ3v) is 6.02. The number of hydrogen-bond acceptors (Lipinski definition) is 4. The van der Waals surface area contributed by atoms with Crippen molar-refractivity contribution >= 4 is 16.0 Å². The maximum atomic E-state index is 11.6. The first-order valence-corrected chi connectivity index (χ1v) is 13.1. The van der Waals surface area contributed by atoms with Crippen molar-refractivity contribution in [3.63, 3.8) is 0 Å². The number of benzene rings is 1. The lowest BCUT2D eigenvalue weighted by Crippen LogP contribution is -2.55. The number of quaternary nitrogens is 1. The van der Waals surface area contributed by atoms with Crippen molar-refractivity contribution in [2.75, 3.05) is 20.6 Å². The first kappa shape index (κ1) is 30.3. The molecule has 0 saturated carbocycles. The zero-order valence-corrected chi connectivity index (χ0v) is 21.6. The van der Waals surface area contributed by atoms with Gasteiger partial charge in [-0.25, -0.2) is 13.0 Å². The van der Waals surface area contributed by atoms with Gasteiger partial charge < -0.3 is 4.55 Å². The van der Waals surface area contributed by atoms with Gasteiger partial charge in [-0.15, -0.1) is 0 Å². The van der Waals surface area contributed by atoms with Gasteiger partial charge in [0, 0.05) is 5.57 Å². The molecule has 0 aliphatic carbocycles. The second-order valence-corrected chi connectivity index (χ2v) is 10.5. The van der Waals surface area contributed by atoms with Crippen LogP contribution in [0, 0.1) is 6.92 Å². The SMILES string of the molecule is C=C(C)C(=O)N[N+](C)(C)CCCCCCCCCCCC.Cc1ccc(S(=O)(=O)[O-])cc1. The van der Waals surface area contributed by atoms with Crippen molar-refractivity contribution in [2.45, 2.75) is 89.9 Å². The molecule has 0 fully saturated rings. The van der Waals surface area contributed by atoms with E-state index >= 15 is 0 Å². The van der Waals surface area contributed by atoms with Gasteiger partial charge in [-0.05, 0) is 38.8 Å². The van der Waals surface area contributed by atoms with E-state index in [0.717, 1.165) is 12.1 Å². The van der Waals surface area contributed by atoms with Crippen molar-refractivity contribution in [1.82, 2.24) is 5.43 Å². The normalized spacial score (nSPS) is 11.4. The van der Waals surface area contributed by atoms with Crippen molar-refractivity contribution in [3.05, 3.63) is 42.0 Å². The largest absolute Gasteiger partial charge is 0.744 e. The molecule has 0 bridgehead atoms. The third-order valence-electron chi connectivity index (χ3n) is 5.17. The van der Waals surface area contributed by atoms with Gasteiger partial charge in [-0.2, -0.15) is 5.43 Å². The van der Waals surface area contributed by atoms with Crippen molar-refractivity contribution in [1.29, 1.82) is 0 Å². The Bertz CT molecular complexity index is 772. The number of nitrogens with zero attached hydrogens (tertiary/aromatic N) is 1. The molecule has 6 nitrogen and oxygen atoms in total. The summed E-state index contributed by atoms with van der Waals surface area (Å²) in [5, 5.41) is 0. The fraction of sp³-hybridized carbons (Fsp3) is 0.640. The van der Waals surface area contributed by atoms with Crippen LogP contribution >= 0.6 is 0 Å². The van der Waals surface area contributed by atoms with E-state index in [4.69, 9.17) is 0 Å². The van der Waals surface area contributed by atoms with Crippen LogP contribution in [0.15, 0.2) is 41.3 Å². The van der Waals surface area contributed by atoms with Crippen molar-refractivity contribution < 1.29 is 22.4 Å². The van der Waals surface area contributed by atoms with Gasteiger partial charge >= 0.3 is 0 Å². The zero-order valence-electron chi connectivity index (χ0n) is 20.8. The van der Waals surface area contributed by atoms with E-state index in [1.165, 1.54) is 76.3 Å². The van der Waals surface area contributed by atoms with E-state index in [2.05, 4.69) is 18.9 Å². The van der Waals surface area contributed by atoms with E-state index in [1.54, 1.807) is 19.1 Å². The topological polar surface area (TPSA) is 86.3 Å². The Morgan fingerprint density at radius 3 is 1.78 bits per heavy atom. The monoisotopic (exact) mass is 468 g/mol. The second-order valence-electron chi connectivity index (χ2n) is 9.08. The van der Waals surface area contributed by atoms with Crippen molar-refractivity contribution in [3.8, 4) is 0 Å². The quantitative estimate of drug-likeness (QED) is 0.129. The molecule has 1 N–H and O–H groups in total. The minimum atomic E-state index is -4.27. The molecule has 1 aromatic rings. The van der Waals surface area contributed by atoms with Crippen molar-refractivity contribution in [2.24, 2.45) is 0 Å². The van der Waals surface area contributed by atoms with Gasteiger partial charge in [0.1, 0.15) is 16.7 Å². The molecule has 0 aromatic heterocycles. The van der Waals surface area contributed by atoms with E-state index in [0.29, 0.717) is 10.2 Å². The summed E-state index contributed by atoms with van der Waals surface area (Å²) in [5.41, 5.74) is 4.49. The molecule has 7 heteroatoms. The average molecular weight is 469 g/mol. The highest BCUT2D eigenvalue weighted by Gasteiger charge is 2.18. The number of unbranched alkanes of at least 4 members (excludes halogenated alkanes) is 9. The molecule has 0 aliphatic heterocycles. The van der Waals surface area contributed by atoms with Gasteiger partial charge in [-0.1, -0.05) is 82.6 Å². The van der Waals surface area contributed by atoms with E-state index < -0.39 is 10.1 Å². The van der Waals surface area contributed by atoms with Gasteiger partial charge in [0.15, 0.2) is 0 Å². The summed E-state index contributed by atoms with van der Waals surface area (Å²) >= 11 is 0. The summed E-state index contributed by atoms with van der Waals surface area (Å²) in [4.78, 5) is 11.4. The minimum absolute atomic E-state index is 0.0490. The molecule has 0 unspecified atom stereocenters. The van der Waals surface area contributed by atoms with Gasteiger partial charge in [0.2, 0.25) is 0 Å². The molecule has 32 heavy (non-hydrogen) atoms. The van der Waals surface area contributed by atoms with Crippen LogP contribution in [0.25, 0.3) is 0 Å². The summed E-state index contributed by atoms with van der Waals surface area (Å²) in [6, 6.07) is 5.78. The summed E-state index contributed by atoms with van der Waals surface area (Å²) in [5.74, 6) is -0.0490. The Kier molecular flexibility index (Phi) is 15.1. The summed E-state index contributed by atoms with van der Waals surface area (Å²) in [7, 11) is -0.197. The third kappa shape index (κ3) is 16.0. The molecular formula is C25H44N2O4S.